The molecule has 0 spiro atoms. The monoisotopic (exact) mass is 414 g/mol. The number of rotatable bonds is 5. The minimum Gasteiger partial charge on any atom is -0.323 e. The van der Waals surface area contributed by atoms with Crippen molar-refractivity contribution in [3.05, 3.63) is 69.7 Å². The Hall–Kier alpha value is -2.73. The summed E-state index contributed by atoms with van der Waals surface area (Å²) in [6.07, 6.45) is 1.24. The van der Waals surface area contributed by atoms with Crippen LogP contribution in [0.1, 0.15) is 29.8 Å². The summed E-state index contributed by atoms with van der Waals surface area (Å²) < 4.78 is 0.956. The van der Waals surface area contributed by atoms with Gasteiger partial charge in [-0.3, -0.25) is 14.4 Å². The summed E-state index contributed by atoms with van der Waals surface area (Å²) in [6.45, 7) is 4.97. The molecule has 0 atom stereocenters. The molecule has 0 aliphatic carbocycles. The number of carbonyl (C=O) groups is 3. The number of Topliss-reactive ketones (excluding diaryl/α,β-unsaturated/α-hetero) is 1. The van der Waals surface area contributed by atoms with E-state index in [1.54, 1.807) is 37.3 Å². The molecule has 2 amide bonds. The van der Waals surface area contributed by atoms with Crippen LogP contribution in [0.3, 0.4) is 0 Å². The van der Waals surface area contributed by atoms with E-state index in [0.29, 0.717) is 16.9 Å². The Morgan fingerprint density at radius 3 is 2.12 bits per heavy atom. The van der Waals surface area contributed by atoms with Gasteiger partial charge < -0.3 is 10.6 Å². The molecule has 0 radical (unpaired) electrons. The SMILES string of the molecule is CC(=O)c1ccc(NC(=O)/C=C(/C)C(=O)Nc2ccc(Br)c(C)c2)cc1. The van der Waals surface area contributed by atoms with Crippen molar-refractivity contribution in [2.45, 2.75) is 20.8 Å². The van der Waals surface area contributed by atoms with Crippen LogP contribution < -0.4 is 10.6 Å². The van der Waals surface area contributed by atoms with Crippen LogP contribution in [0.15, 0.2) is 58.6 Å². The molecular weight excluding hydrogens is 396 g/mol. The summed E-state index contributed by atoms with van der Waals surface area (Å²) in [4.78, 5) is 35.5. The van der Waals surface area contributed by atoms with Crippen LogP contribution >= 0.6 is 15.9 Å². The van der Waals surface area contributed by atoms with E-state index < -0.39 is 5.91 Å². The molecule has 0 saturated carbocycles. The molecule has 0 bridgehead atoms. The maximum atomic E-state index is 12.2. The summed E-state index contributed by atoms with van der Waals surface area (Å²) in [7, 11) is 0. The first kappa shape index (κ1) is 19.6. The predicted octanol–water partition coefficient (Wildman–Crippen LogP) is 4.48. The molecule has 0 aliphatic rings. The quantitative estimate of drug-likeness (QED) is 0.559. The van der Waals surface area contributed by atoms with E-state index in [0.717, 1.165) is 10.0 Å². The van der Waals surface area contributed by atoms with Gasteiger partial charge in [0, 0.05) is 33.1 Å². The summed E-state index contributed by atoms with van der Waals surface area (Å²) in [5, 5.41) is 5.41. The van der Waals surface area contributed by atoms with E-state index in [9.17, 15) is 14.4 Å². The highest BCUT2D eigenvalue weighted by Crippen LogP contribution is 2.20. The number of anilines is 2. The van der Waals surface area contributed by atoms with E-state index in [4.69, 9.17) is 0 Å². The Morgan fingerprint density at radius 1 is 0.923 bits per heavy atom. The van der Waals surface area contributed by atoms with Crippen molar-refractivity contribution in [1.29, 1.82) is 0 Å². The molecule has 0 fully saturated rings. The van der Waals surface area contributed by atoms with Gasteiger partial charge in [-0.1, -0.05) is 15.9 Å². The summed E-state index contributed by atoms with van der Waals surface area (Å²) in [5.74, 6) is -0.813. The minimum absolute atomic E-state index is 0.0431. The van der Waals surface area contributed by atoms with Crippen molar-refractivity contribution in [3.63, 3.8) is 0 Å². The lowest BCUT2D eigenvalue weighted by Gasteiger charge is -2.08. The van der Waals surface area contributed by atoms with Gasteiger partial charge in [-0.15, -0.1) is 0 Å². The Bertz CT molecular complexity index is 886. The van der Waals surface area contributed by atoms with Crippen LogP contribution in [0.4, 0.5) is 11.4 Å². The zero-order chi connectivity index (χ0) is 19.3. The highest BCUT2D eigenvalue weighted by molar-refractivity contribution is 9.10. The molecule has 0 heterocycles. The average Bonchev–Trinajstić information content (AvgIpc) is 2.58. The zero-order valence-corrected chi connectivity index (χ0v) is 16.3. The number of carbonyl (C=O) groups excluding carboxylic acids is 3. The van der Waals surface area contributed by atoms with Crippen molar-refractivity contribution >= 4 is 44.9 Å². The predicted molar refractivity (Wildman–Crippen MR) is 106 cm³/mol. The van der Waals surface area contributed by atoms with Crippen LogP contribution in [-0.4, -0.2) is 17.6 Å². The van der Waals surface area contributed by atoms with Gasteiger partial charge >= 0.3 is 0 Å². The van der Waals surface area contributed by atoms with Gasteiger partial charge in [-0.05, 0) is 68.8 Å². The third-order valence-corrected chi connectivity index (χ3v) is 4.57. The molecule has 134 valence electrons. The van der Waals surface area contributed by atoms with Crippen LogP contribution in [0.25, 0.3) is 0 Å². The molecule has 2 N–H and O–H groups in total. The third-order valence-electron chi connectivity index (χ3n) is 3.68. The second-order valence-electron chi connectivity index (χ2n) is 5.87. The highest BCUT2D eigenvalue weighted by atomic mass is 79.9. The third kappa shape index (κ3) is 5.39. The topological polar surface area (TPSA) is 75.3 Å². The molecule has 26 heavy (non-hydrogen) atoms. The number of nitrogens with one attached hydrogen (secondary N) is 2. The van der Waals surface area contributed by atoms with Crippen LogP contribution in [0.2, 0.25) is 0 Å². The average molecular weight is 415 g/mol. The zero-order valence-electron chi connectivity index (χ0n) is 14.7. The summed E-state index contributed by atoms with van der Waals surface area (Å²) in [6, 6.07) is 12.0. The number of halogens is 1. The lowest BCUT2D eigenvalue weighted by atomic mass is 10.1. The largest absolute Gasteiger partial charge is 0.323 e. The second kappa shape index (κ2) is 8.58. The Morgan fingerprint density at radius 2 is 1.54 bits per heavy atom. The molecular formula is C20H19BrN2O3. The smallest absolute Gasteiger partial charge is 0.251 e. The molecule has 2 aromatic carbocycles. The first-order valence-corrected chi connectivity index (χ1v) is 8.73. The molecule has 0 unspecified atom stereocenters. The van der Waals surface area contributed by atoms with E-state index >= 15 is 0 Å². The summed E-state index contributed by atoms with van der Waals surface area (Å²) >= 11 is 3.41. The van der Waals surface area contributed by atoms with Crippen molar-refractivity contribution in [3.8, 4) is 0 Å². The van der Waals surface area contributed by atoms with Crippen molar-refractivity contribution < 1.29 is 14.4 Å². The van der Waals surface area contributed by atoms with Crippen LogP contribution in [0, 0.1) is 6.92 Å². The van der Waals surface area contributed by atoms with Crippen LogP contribution in [0.5, 0.6) is 0 Å². The molecule has 0 aliphatic heterocycles. The Labute approximate surface area is 160 Å². The number of hydrogen-bond acceptors (Lipinski definition) is 3. The van der Waals surface area contributed by atoms with Gasteiger partial charge in [-0.2, -0.15) is 0 Å². The number of aryl methyl sites for hydroxylation is 1. The van der Waals surface area contributed by atoms with Gasteiger partial charge in [0.05, 0.1) is 0 Å². The number of hydrogen-bond donors (Lipinski definition) is 2. The normalized spacial score (nSPS) is 11.0. The first-order chi connectivity index (χ1) is 12.3. The van der Waals surface area contributed by atoms with Gasteiger partial charge in [0.2, 0.25) is 5.91 Å². The molecule has 2 aromatic rings. The maximum Gasteiger partial charge on any atom is 0.251 e. The van der Waals surface area contributed by atoms with Gasteiger partial charge in [0.1, 0.15) is 0 Å². The van der Waals surface area contributed by atoms with E-state index in [2.05, 4.69) is 26.6 Å². The fourth-order valence-electron chi connectivity index (χ4n) is 2.18. The standard InChI is InChI=1S/C20H19BrN2O3/c1-12-10-17(8-9-18(12)21)23-20(26)13(2)11-19(25)22-16-6-4-15(5-7-16)14(3)24/h4-11H,1-3H3,(H,22,25)(H,23,26)/b13-11-. The minimum atomic E-state index is -0.416. The number of benzene rings is 2. The van der Waals surface area contributed by atoms with E-state index in [1.165, 1.54) is 13.0 Å². The van der Waals surface area contributed by atoms with Crippen LogP contribution in [-0.2, 0) is 9.59 Å². The molecule has 0 saturated heterocycles. The van der Waals surface area contributed by atoms with Gasteiger partial charge in [-0.25, -0.2) is 0 Å². The maximum absolute atomic E-state index is 12.2. The van der Waals surface area contributed by atoms with Gasteiger partial charge in [0.25, 0.3) is 5.91 Å². The van der Waals surface area contributed by atoms with E-state index in [-0.39, 0.29) is 17.3 Å². The first-order valence-electron chi connectivity index (χ1n) is 7.94. The van der Waals surface area contributed by atoms with E-state index in [1.807, 2.05) is 19.1 Å². The van der Waals surface area contributed by atoms with Crippen molar-refractivity contribution in [2.75, 3.05) is 10.6 Å². The molecule has 5 nitrogen and oxygen atoms in total. The molecule has 0 aromatic heterocycles. The van der Waals surface area contributed by atoms with Crippen molar-refractivity contribution in [1.82, 2.24) is 0 Å². The molecule has 2 rings (SSSR count). The Kier molecular flexibility index (Phi) is 6.46. The summed E-state index contributed by atoms with van der Waals surface area (Å²) in [5.41, 5.74) is 3.05. The molecule has 6 heteroatoms. The second-order valence-corrected chi connectivity index (χ2v) is 6.72. The Balaban J connectivity index is 2.00. The lowest BCUT2D eigenvalue weighted by Crippen LogP contribution is -2.16. The highest BCUT2D eigenvalue weighted by Gasteiger charge is 2.09. The number of amides is 2. The van der Waals surface area contributed by atoms with Gasteiger partial charge in [0.15, 0.2) is 5.78 Å². The fourth-order valence-corrected chi connectivity index (χ4v) is 2.43. The number of ketones is 1. The van der Waals surface area contributed by atoms with Crippen molar-refractivity contribution in [2.24, 2.45) is 0 Å². The lowest BCUT2D eigenvalue weighted by molar-refractivity contribution is -0.114. The fraction of sp³-hybridized carbons (Fsp3) is 0.150.